The Balaban J connectivity index is 2.55. The van der Waals surface area contributed by atoms with Crippen LogP contribution in [0.4, 0.5) is 0 Å². The highest BCUT2D eigenvalue weighted by Gasteiger charge is 2.17. The first-order chi connectivity index (χ1) is 8.95. The van der Waals surface area contributed by atoms with Gasteiger partial charge in [-0.15, -0.1) is 17.9 Å². The van der Waals surface area contributed by atoms with Crippen molar-refractivity contribution in [2.24, 2.45) is 0 Å². The van der Waals surface area contributed by atoms with E-state index in [-0.39, 0.29) is 18.0 Å². The minimum Gasteiger partial charge on any atom is -0.351 e. The average molecular weight is 281 g/mol. The molecule has 0 aliphatic heterocycles. The summed E-state index contributed by atoms with van der Waals surface area (Å²) in [5, 5.41) is 9.22. The number of aromatic nitrogens is 1. The zero-order valence-corrected chi connectivity index (χ0v) is 12.9. The van der Waals surface area contributed by atoms with E-state index in [1.54, 1.807) is 17.4 Å². The molecule has 5 heteroatoms. The van der Waals surface area contributed by atoms with E-state index in [1.165, 1.54) is 0 Å². The third kappa shape index (κ3) is 4.76. The van der Waals surface area contributed by atoms with Crippen molar-refractivity contribution in [1.29, 1.82) is 0 Å². The van der Waals surface area contributed by atoms with Crippen molar-refractivity contribution in [3.8, 4) is 0 Å². The SMILES string of the molecule is C=CCNC(=O)[C@@H](C)N[C@@H](C)c1csc(C(C)C)n1. The second kappa shape index (κ2) is 7.40. The lowest BCUT2D eigenvalue weighted by atomic mass is 10.2. The molecule has 0 aromatic carbocycles. The Bertz CT molecular complexity index is 428. The highest BCUT2D eigenvalue weighted by atomic mass is 32.1. The summed E-state index contributed by atoms with van der Waals surface area (Å²) in [4.78, 5) is 16.3. The minimum atomic E-state index is -0.251. The van der Waals surface area contributed by atoms with Crippen molar-refractivity contribution in [3.63, 3.8) is 0 Å². The van der Waals surface area contributed by atoms with E-state index in [1.807, 2.05) is 13.8 Å². The van der Waals surface area contributed by atoms with Crippen LogP contribution in [0.25, 0.3) is 0 Å². The number of carbonyl (C=O) groups is 1. The number of nitrogens with one attached hydrogen (secondary N) is 2. The molecular formula is C14H23N3OS. The molecule has 0 unspecified atom stereocenters. The normalized spacial score (nSPS) is 14.2. The third-order valence-electron chi connectivity index (χ3n) is 2.79. The van der Waals surface area contributed by atoms with E-state index >= 15 is 0 Å². The Morgan fingerprint density at radius 1 is 1.47 bits per heavy atom. The van der Waals surface area contributed by atoms with Gasteiger partial charge in [0.1, 0.15) is 0 Å². The van der Waals surface area contributed by atoms with Crippen molar-refractivity contribution < 1.29 is 4.79 Å². The molecule has 0 radical (unpaired) electrons. The number of nitrogens with zero attached hydrogens (tertiary/aromatic N) is 1. The quantitative estimate of drug-likeness (QED) is 0.755. The smallest absolute Gasteiger partial charge is 0.237 e. The molecule has 2 N–H and O–H groups in total. The maximum absolute atomic E-state index is 11.7. The van der Waals surface area contributed by atoms with Crippen LogP contribution in [0.1, 0.15) is 50.4 Å². The highest BCUT2D eigenvalue weighted by Crippen LogP contribution is 2.22. The van der Waals surface area contributed by atoms with Gasteiger partial charge in [0.2, 0.25) is 5.91 Å². The van der Waals surface area contributed by atoms with Crippen LogP contribution in [0.3, 0.4) is 0 Å². The van der Waals surface area contributed by atoms with Gasteiger partial charge in [0.15, 0.2) is 0 Å². The summed E-state index contributed by atoms with van der Waals surface area (Å²) >= 11 is 1.67. The van der Waals surface area contributed by atoms with Gasteiger partial charge < -0.3 is 5.32 Å². The van der Waals surface area contributed by atoms with Gasteiger partial charge in [0, 0.05) is 23.9 Å². The standard InChI is InChI=1S/C14H23N3OS/c1-6-7-15-13(18)11(5)16-10(4)12-8-19-14(17-12)9(2)3/h6,8-11,16H,1,7H2,2-5H3,(H,15,18)/t10-,11+/m0/s1. The van der Waals surface area contributed by atoms with Gasteiger partial charge in [-0.1, -0.05) is 19.9 Å². The largest absolute Gasteiger partial charge is 0.351 e. The number of rotatable bonds is 7. The molecular weight excluding hydrogens is 258 g/mol. The molecule has 0 aliphatic rings. The molecule has 1 heterocycles. The fourth-order valence-corrected chi connectivity index (χ4v) is 2.56. The fraction of sp³-hybridized carbons (Fsp3) is 0.571. The summed E-state index contributed by atoms with van der Waals surface area (Å²) in [5.41, 5.74) is 0.997. The molecule has 0 fully saturated rings. The van der Waals surface area contributed by atoms with E-state index in [0.717, 1.165) is 10.7 Å². The Hall–Kier alpha value is -1.20. The van der Waals surface area contributed by atoms with Gasteiger partial charge >= 0.3 is 0 Å². The summed E-state index contributed by atoms with van der Waals surface area (Å²) in [5.74, 6) is 0.422. The number of amides is 1. The molecule has 1 aromatic heterocycles. The van der Waals surface area contributed by atoms with Gasteiger partial charge in [-0.2, -0.15) is 0 Å². The molecule has 0 saturated carbocycles. The summed E-state index contributed by atoms with van der Waals surface area (Å²) in [6.45, 7) is 12.2. The lowest BCUT2D eigenvalue weighted by molar-refractivity contribution is -0.122. The Morgan fingerprint density at radius 3 is 2.68 bits per heavy atom. The van der Waals surface area contributed by atoms with Gasteiger partial charge in [-0.25, -0.2) is 4.98 Å². The summed E-state index contributed by atoms with van der Waals surface area (Å²) in [6, 6.07) is -0.188. The van der Waals surface area contributed by atoms with Gasteiger partial charge in [0.05, 0.1) is 16.7 Å². The molecule has 0 spiro atoms. The second-order valence-electron chi connectivity index (χ2n) is 4.91. The lowest BCUT2D eigenvalue weighted by Gasteiger charge is -2.18. The van der Waals surface area contributed by atoms with Crippen LogP contribution in [0.5, 0.6) is 0 Å². The Labute approximate surface area is 119 Å². The van der Waals surface area contributed by atoms with E-state index < -0.39 is 0 Å². The van der Waals surface area contributed by atoms with Crippen molar-refractivity contribution in [2.75, 3.05) is 6.54 Å². The second-order valence-corrected chi connectivity index (χ2v) is 5.80. The van der Waals surface area contributed by atoms with Crippen LogP contribution in [-0.4, -0.2) is 23.5 Å². The molecule has 0 aliphatic carbocycles. The van der Waals surface area contributed by atoms with Crippen molar-refractivity contribution >= 4 is 17.2 Å². The summed E-state index contributed by atoms with van der Waals surface area (Å²) < 4.78 is 0. The van der Waals surface area contributed by atoms with E-state index in [4.69, 9.17) is 0 Å². The topological polar surface area (TPSA) is 54.0 Å². The van der Waals surface area contributed by atoms with Crippen LogP contribution in [0.15, 0.2) is 18.0 Å². The van der Waals surface area contributed by atoms with Crippen LogP contribution in [0.2, 0.25) is 0 Å². The van der Waals surface area contributed by atoms with E-state index in [9.17, 15) is 4.79 Å². The molecule has 1 amide bonds. The average Bonchev–Trinajstić information content (AvgIpc) is 2.85. The number of hydrogen-bond acceptors (Lipinski definition) is 4. The van der Waals surface area contributed by atoms with E-state index in [2.05, 4.69) is 41.4 Å². The molecule has 1 aromatic rings. The van der Waals surface area contributed by atoms with Crippen molar-refractivity contribution in [1.82, 2.24) is 15.6 Å². The van der Waals surface area contributed by atoms with Crippen LogP contribution >= 0.6 is 11.3 Å². The van der Waals surface area contributed by atoms with Crippen LogP contribution < -0.4 is 10.6 Å². The molecule has 106 valence electrons. The predicted molar refractivity (Wildman–Crippen MR) is 80.4 cm³/mol. The number of thiazole rings is 1. The molecule has 0 saturated heterocycles. The third-order valence-corrected chi connectivity index (χ3v) is 3.95. The summed E-state index contributed by atoms with van der Waals surface area (Å²) in [6.07, 6.45) is 1.67. The van der Waals surface area contributed by atoms with Crippen molar-refractivity contribution in [2.45, 2.75) is 45.7 Å². The first-order valence-corrected chi connectivity index (χ1v) is 7.43. The van der Waals surface area contributed by atoms with E-state index in [0.29, 0.717) is 12.5 Å². The Kier molecular flexibility index (Phi) is 6.18. The monoisotopic (exact) mass is 281 g/mol. The Morgan fingerprint density at radius 2 is 2.16 bits per heavy atom. The first kappa shape index (κ1) is 15.9. The predicted octanol–water partition coefficient (Wildman–Crippen LogP) is 2.61. The van der Waals surface area contributed by atoms with Gasteiger partial charge in [0.25, 0.3) is 0 Å². The summed E-state index contributed by atoms with van der Waals surface area (Å²) in [7, 11) is 0. The van der Waals surface area contributed by atoms with Crippen molar-refractivity contribution in [3.05, 3.63) is 28.7 Å². The number of carbonyl (C=O) groups excluding carboxylic acids is 1. The van der Waals surface area contributed by atoms with Gasteiger partial charge in [-0.3, -0.25) is 10.1 Å². The van der Waals surface area contributed by atoms with Crippen LogP contribution in [0, 0.1) is 0 Å². The van der Waals surface area contributed by atoms with Crippen LogP contribution in [-0.2, 0) is 4.79 Å². The zero-order valence-electron chi connectivity index (χ0n) is 12.1. The molecule has 2 atom stereocenters. The molecule has 4 nitrogen and oxygen atoms in total. The molecule has 19 heavy (non-hydrogen) atoms. The molecule has 1 rings (SSSR count). The highest BCUT2D eigenvalue weighted by molar-refractivity contribution is 7.09. The fourth-order valence-electron chi connectivity index (χ4n) is 1.63. The first-order valence-electron chi connectivity index (χ1n) is 6.55. The number of hydrogen-bond donors (Lipinski definition) is 2. The maximum Gasteiger partial charge on any atom is 0.237 e. The molecule has 0 bridgehead atoms. The minimum absolute atomic E-state index is 0.0222. The zero-order chi connectivity index (χ0) is 14.4. The maximum atomic E-state index is 11.7. The van der Waals surface area contributed by atoms with Gasteiger partial charge in [-0.05, 0) is 13.8 Å². The lowest BCUT2D eigenvalue weighted by Crippen LogP contribution is -2.43.